The highest BCUT2D eigenvalue weighted by molar-refractivity contribution is 5.49. The van der Waals surface area contributed by atoms with Gasteiger partial charge in [0.1, 0.15) is 0 Å². The summed E-state index contributed by atoms with van der Waals surface area (Å²) in [6.07, 6.45) is 0. The maximum absolute atomic E-state index is 10.5. The molecule has 0 unspecified atom stereocenters. The van der Waals surface area contributed by atoms with Crippen LogP contribution in [0.25, 0.3) is 0 Å². The van der Waals surface area contributed by atoms with Gasteiger partial charge in [-0.2, -0.15) is 0 Å². The van der Waals surface area contributed by atoms with Gasteiger partial charge in [-0.25, -0.2) is 0 Å². The number of hydrogen-bond donors (Lipinski definition) is 0. The standard InChI is InChI=1S/C9H10NO2/c1-6-4-5-9(10(11)12)8(3)7(6)2/h4-5H,2H2,1,3H3. The van der Waals surface area contributed by atoms with E-state index >= 15 is 0 Å². The average Bonchev–Trinajstić information content (AvgIpc) is 2.00. The van der Waals surface area contributed by atoms with Gasteiger partial charge in [0.25, 0.3) is 5.69 Å². The van der Waals surface area contributed by atoms with Crippen molar-refractivity contribution in [3.05, 3.63) is 45.9 Å². The molecule has 0 fully saturated rings. The minimum absolute atomic E-state index is 0.144. The third kappa shape index (κ3) is 1.30. The lowest BCUT2D eigenvalue weighted by molar-refractivity contribution is -0.385. The summed E-state index contributed by atoms with van der Waals surface area (Å²) in [6, 6.07) is 3.23. The van der Waals surface area contributed by atoms with Crippen LogP contribution in [-0.2, 0) is 0 Å². The molecule has 0 saturated heterocycles. The normalized spacial score (nSPS) is 9.92. The van der Waals surface area contributed by atoms with Gasteiger partial charge in [-0.05, 0) is 31.9 Å². The molecule has 12 heavy (non-hydrogen) atoms. The van der Waals surface area contributed by atoms with Crippen molar-refractivity contribution in [1.29, 1.82) is 0 Å². The highest BCUT2D eigenvalue weighted by Gasteiger charge is 2.12. The minimum Gasteiger partial charge on any atom is -0.258 e. The molecule has 0 aliphatic carbocycles. The molecule has 0 aromatic heterocycles. The molecule has 0 heterocycles. The first kappa shape index (κ1) is 8.71. The van der Waals surface area contributed by atoms with Crippen LogP contribution in [0.15, 0.2) is 12.1 Å². The van der Waals surface area contributed by atoms with Gasteiger partial charge in [-0.15, -0.1) is 0 Å². The van der Waals surface area contributed by atoms with Gasteiger partial charge in [0.2, 0.25) is 0 Å². The molecule has 1 radical (unpaired) electrons. The van der Waals surface area contributed by atoms with Crippen LogP contribution < -0.4 is 0 Å². The van der Waals surface area contributed by atoms with Crippen LogP contribution in [0.4, 0.5) is 5.69 Å². The van der Waals surface area contributed by atoms with Crippen molar-refractivity contribution in [2.24, 2.45) is 0 Å². The van der Waals surface area contributed by atoms with Crippen LogP contribution in [0.3, 0.4) is 0 Å². The van der Waals surface area contributed by atoms with Crippen LogP contribution in [-0.4, -0.2) is 4.92 Å². The zero-order valence-corrected chi connectivity index (χ0v) is 7.13. The Balaban J connectivity index is 3.36. The third-order valence-electron chi connectivity index (χ3n) is 2.00. The quantitative estimate of drug-likeness (QED) is 0.472. The van der Waals surface area contributed by atoms with E-state index < -0.39 is 0 Å². The monoisotopic (exact) mass is 164 g/mol. The molecule has 1 aromatic rings. The number of aryl methyl sites for hydroxylation is 1. The van der Waals surface area contributed by atoms with Gasteiger partial charge < -0.3 is 0 Å². The van der Waals surface area contributed by atoms with Crippen molar-refractivity contribution in [1.82, 2.24) is 0 Å². The Morgan fingerprint density at radius 1 is 1.42 bits per heavy atom. The van der Waals surface area contributed by atoms with Crippen LogP contribution >= 0.6 is 0 Å². The SMILES string of the molecule is [CH2]c1c(C)ccc([N+](=O)[O-])c1C. The number of benzene rings is 1. The Labute approximate surface area is 71.2 Å². The Morgan fingerprint density at radius 3 is 2.50 bits per heavy atom. The average molecular weight is 164 g/mol. The highest BCUT2D eigenvalue weighted by atomic mass is 16.6. The first-order valence-corrected chi connectivity index (χ1v) is 3.60. The second-order valence-electron chi connectivity index (χ2n) is 2.76. The maximum Gasteiger partial charge on any atom is 0.272 e. The van der Waals surface area contributed by atoms with Crippen molar-refractivity contribution in [3.63, 3.8) is 0 Å². The van der Waals surface area contributed by atoms with Gasteiger partial charge in [0.15, 0.2) is 0 Å². The zero-order chi connectivity index (χ0) is 9.30. The largest absolute Gasteiger partial charge is 0.272 e. The molecular formula is C9H10NO2. The van der Waals surface area contributed by atoms with E-state index in [2.05, 4.69) is 6.92 Å². The summed E-state index contributed by atoms with van der Waals surface area (Å²) in [6.45, 7) is 7.36. The van der Waals surface area contributed by atoms with E-state index in [1.54, 1.807) is 13.0 Å². The molecule has 0 bridgehead atoms. The number of rotatable bonds is 1. The first-order valence-electron chi connectivity index (χ1n) is 3.60. The Kier molecular flexibility index (Phi) is 2.13. The van der Waals surface area contributed by atoms with E-state index in [9.17, 15) is 10.1 Å². The summed E-state index contributed by atoms with van der Waals surface area (Å²) in [5, 5.41) is 10.5. The lowest BCUT2D eigenvalue weighted by atomic mass is 10.0. The van der Waals surface area contributed by atoms with E-state index in [0.29, 0.717) is 5.56 Å². The third-order valence-corrected chi connectivity index (χ3v) is 2.00. The van der Waals surface area contributed by atoms with Crippen LogP contribution in [0, 0.1) is 30.9 Å². The Morgan fingerprint density at radius 2 is 2.00 bits per heavy atom. The van der Waals surface area contributed by atoms with Crippen molar-refractivity contribution in [2.75, 3.05) is 0 Å². The topological polar surface area (TPSA) is 43.1 Å². The fourth-order valence-corrected chi connectivity index (χ4v) is 1.08. The molecule has 0 aliphatic rings. The van der Waals surface area contributed by atoms with Gasteiger partial charge >= 0.3 is 0 Å². The second-order valence-corrected chi connectivity index (χ2v) is 2.76. The maximum atomic E-state index is 10.5. The van der Waals surface area contributed by atoms with Gasteiger partial charge in [0.05, 0.1) is 4.92 Å². The van der Waals surface area contributed by atoms with Crippen LogP contribution in [0.5, 0.6) is 0 Å². The summed E-state index contributed by atoms with van der Waals surface area (Å²) < 4.78 is 0. The molecule has 0 amide bonds. The van der Waals surface area contributed by atoms with Crippen molar-refractivity contribution < 1.29 is 4.92 Å². The molecule has 0 N–H and O–H groups in total. The van der Waals surface area contributed by atoms with Crippen LogP contribution in [0.1, 0.15) is 16.7 Å². The summed E-state index contributed by atoms with van der Waals surface area (Å²) >= 11 is 0. The zero-order valence-electron chi connectivity index (χ0n) is 7.13. The summed E-state index contributed by atoms with van der Waals surface area (Å²) in [7, 11) is 0. The molecule has 0 aliphatic heterocycles. The Bertz CT molecular complexity index is 332. The summed E-state index contributed by atoms with van der Waals surface area (Å²) in [5.41, 5.74) is 2.54. The number of nitro benzene ring substituents is 1. The highest BCUT2D eigenvalue weighted by Crippen LogP contribution is 2.22. The number of nitro groups is 1. The predicted octanol–water partition coefficient (Wildman–Crippen LogP) is 2.39. The molecular weight excluding hydrogens is 154 g/mol. The lowest BCUT2D eigenvalue weighted by Gasteiger charge is -2.03. The van der Waals surface area contributed by atoms with Crippen LogP contribution in [0.2, 0.25) is 0 Å². The molecule has 63 valence electrons. The summed E-state index contributed by atoms with van der Waals surface area (Å²) in [4.78, 5) is 10.1. The minimum atomic E-state index is -0.385. The first-order chi connectivity index (χ1) is 5.54. The van der Waals surface area contributed by atoms with E-state index in [0.717, 1.165) is 11.1 Å². The smallest absolute Gasteiger partial charge is 0.258 e. The predicted molar refractivity (Wildman–Crippen MR) is 47.0 cm³/mol. The molecule has 1 aromatic carbocycles. The fourth-order valence-electron chi connectivity index (χ4n) is 1.08. The molecule has 0 atom stereocenters. The van der Waals surface area contributed by atoms with Crippen molar-refractivity contribution >= 4 is 5.69 Å². The van der Waals surface area contributed by atoms with E-state index in [1.165, 1.54) is 6.07 Å². The number of nitrogens with zero attached hydrogens (tertiary/aromatic N) is 1. The fraction of sp³-hybridized carbons (Fsp3) is 0.222. The Hall–Kier alpha value is -1.38. The van der Waals surface area contributed by atoms with E-state index in [1.807, 2.05) is 6.92 Å². The van der Waals surface area contributed by atoms with Gasteiger partial charge in [0, 0.05) is 11.6 Å². The second kappa shape index (κ2) is 2.93. The van der Waals surface area contributed by atoms with E-state index in [4.69, 9.17) is 0 Å². The van der Waals surface area contributed by atoms with Crippen molar-refractivity contribution in [3.8, 4) is 0 Å². The van der Waals surface area contributed by atoms with Crippen molar-refractivity contribution in [2.45, 2.75) is 13.8 Å². The molecule has 3 heteroatoms. The molecule has 0 spiro atoms. The number of hydrogen-bond acceptors (Lipinski definition) is 2. The van der Waals surface area contributed by atoms with E-state index in [-0.39, 0.29) is 10.6 Å². The van der Waals surface area contributed by atoms with Gasteiger partial charge in [-0.3, -0.25) is 10.1 Å². The van der Waals surface area contributed by atoms with Gasteiger partial charge in [-0.1, -0.05) is 6.07 Å². The molecule has 0 saturated carbocycles. The lowest BCUT2D eigenvalue weighted by Crippen LogP contribution is -1.95. The summed E-state index contributed by atoms with van der Waals surface area (Å²) in [5.74, 6) is 0. The molecule has 1 rings (SSSR count). The molecule has 3 nitrogen and oxygen atoms in total.